The van der Waals surface area contributed by atoms with Gasteiger partial charge in [-0.1, -0.05) is 17.7 Å². The van der Waals surface area contributed by atoms with Crippen LogP contribution in [0.15, 0.2) is 42.5 Å². The van der Waals surface area contributed by atoms with Crippen molar-refractivity contribution in [2.75, 3.05) is 18.5 Å². The summed E-state index contributed by atoms with van der Waals surface area (Å²) in [6.07, 6.45) is 0. The Morgan fingerprint density at radius 2 is 2.00 bits per heavy atom. The number of aryl methyl sites for hydroxylation is 1. The van der Waals surface area contributed by atoms with Gasteiger partial charge >= 0.3 is 0 Å². The number of nitro groups is 1. The maximum atomic E-state index is 11.0. The summed E-state index contributed by atoms with van der Waals surface area (Å²) in [7, 11) is 0. The molecule has 0 amide bonds. The normalized spacial score (nSPS) is 9.82. The van der Waals surface area contributed by atoms with Crippen LogP contribution in [0, 0.1) is 28.4 Å². The summed E-state index contributed by atoms with van der Waals surface area (Å²) >= 11 is 0. The van der Waals surface area contributed by atoms with E-state index in [9.17, 15) is 10.1 Å². The fourth-order valence-electron chi connectivity index (χ4n) is 1.89. The van der Waals surface area contributed by atoms with Crippen LogP contribution in [0.4, 0.5) is 11.4 Å². The van der Waals surface area contributed by atoms with Crippen LogP contribution in [0.1, 0.15) is 11.1 Å². The van der Waals surface area contributed by atoms with Crippen LogP contribution in [-0.2, 0) is 0 Å². The second kappa shape index (κ2) is 7.09. The number of nitrogens with one attached hydrogen (secondary N) is 1. The number of rotatable bonds is 6. The molecule has 2 rings (SSSR count). The van der Waals surface area contributed by atoms with E-state index in [1.165, 1.54) is 18.2 Å². The minimum atomic E-state index is -0.510. The molecule has 0 saturated carbocycles. The number of ether oxygens (including phenoxy) is 1. The van der Waals surface area contributed by atoms with Gasteiger partial charge in [0.1, 0.15) is 18.0 Å². The van der Waals surface area contributed by atoms with Gasteiger partial charge in [0.15, 0.2) is 0 Å². The van der Waals surface area contributed by atoms with Gasteiger partial charge in [-0.3, -0.25) is 10.1 Å². The third-order valence-electron chi connectivity index (χ3n) is 3.03. The molecule has 0 unspecified atom stereocenters. The van der Waals surface area contributed by atoms with Crippen molar-refractivity contribution in [2.24, 2.45) is 0 Å². The zero-order valence-corrected chi connectivity index (χ0v) is 12.1. The molecule has 0 heterocycles. The molecule has 0 aromatic heterocycles. The van der Waals surface area contributed by atoms with Crippen molar-refractivity contribution in [3.8, 4) is 11.8 Å². The summed E-state index contributed by atoms with van der Waals surface area (Å²) in [5, 5.41) is 22.7. The summed E-state index contributed by atoms with van der Waals surface area (Å²) in [4.78, 5) is 10.5. The lowest BCUT2D eigenvalue weighted by Crippen LogP contribution is -2.12. The van der Waals surface area contributed by atoms with E-state index in [0.717, 1.165) is 11.3 Å². The Balaban J connectivity index is 1.93. The Labute approximate surface area is 128 Å². The van der Waals surface area contributed by atoms with Crippen molar-refractivity contribution in [1.82, 2.24) is 0 Å². The number of hydrogen-bond donors (Lipinski definition) is 1. The Kier molecular flexibility index (Phi) is 4.94. The lowest BCUT2D eigenvalue weighted by atomic mass is 10.2. The van der Waals surface area contributed by atoms with Crippen LogP contribution >= 0.6 is 0 Å². The first-order valence-corrected chi connectivity index (χ1v) is 6.72. The van der Waals surface area contributed by atoms with Crippen molar-refractivity contribution in [3.63, 3.8) is 0 Å². The lowest BCUT2D eigenvalue weighted by Gasteiger charge is -2.09. The number of anilines is 1. The summed E-state index contributed by atoms with van der Waals surface area (Å²) in [5.41, 5.74) is 1.66. The van der Waals surface area contributed by atoms with Crippen LogP contribution < -0.4 is 10.1 Å². The van der Waals surface area contributed by atoms with E-state index in [1.807, 2.05) is 37.3 Å². The van der Waals surface area contributed by atoms with Crippen molar-refractivity contribution in [3.05, 3.63) is 63.7 Å². The summed E-state index contributed by atoms with van der Waals surface area (Å²) in [5.74, 6) is 0.752. The Morgan fingerprint density at radius 3 is 2.64 bits per heavy atom. The van der Waals surface area contributed by atoms with E-state index < -0.39 is 4.92 Å². The molecule has 0 atom stereocenters. The van der Waals surface area contributed by atoms with E-state index in [2.05, 4.69) is 5.32 Å². The number of nitrogens with zero attached hydrogens (tertiary/aromatic N) is 2. The molecule has 0 fully saturated rings. The second-order valence-corrected chi connectivity index (χ2v) is 4.69. The smallest absolute Gasteiger partial charge is 0.293 e. The molecule has 0 spiro atoms. The molecule has 2 aromatic rings. The van der Waals surface area contributed by atoms with E-state index in [4.69, 9.17) is 10.00 Å². The topological polar surface area (TPSA) is 88.2 Å². The predicted octanol–water partition coefficient (Wildman–Crippen LogP) is 3.27. The first kappa shape index (κ1) is 15.3. The highest BCUT2D eigenvalue weighted by molar-refractivity contribution is 5.64. The minimum absolute atomic E-state index is 0.116. The van der Waals surface area contributed by atoms with Gasteiger partial charge in [0.05, 0.1) is 16.6 Å². The number of benzene rings is 2. The standard InChI is InChI=1S/C16H15N3O3/c1-12-2-5-14(6-3-12)22-9-8-18-15-7-4-13(11-17)10-16(15)19(20)21/h2-7,10,18H,8-9H2,1H3. The molecular formula is C16H15N3O3. The van der Waals surface area contributed by atoms with Gasteiger partial charge in [-0.15, -0.1) is 0 Å². The van der Waals surface area contributed by atoms with E-state index in [0.29, 0.717) is 18.8 Å². The molecule has 0 aliphatic carbocycles. The highest BCUT2D eigenvalue weighted by atomic mass is 16.6. The molecule has 0 saturated heterocycles. The Bertz CT molecular complexity index is 706. The largest absolute Gasteiger partial charge is 0.492 e. The molecule has 22 heavy (non-hydrogen) atoms. The van der Waals surface area contributed by atoms with Gasteiger partial charge in [0.25, 0.3) is 5.69 Å². The van der Waals surface area contributed by atoms with Crippen LogP contribution in [0.2, 0.25) is 0 Å². The van der Waals surface area contributed by atoms with Gasteiger partial charge in [0, 0.05) is 12.6 Å². The monoisotopic (exact) mass is 297 g/mol. The Hall–Kier alpha value is -3.07. The van der Waals surface area contributed by atoms with Crippen LogP contribution in [0.5, 0.6) is 5.75 Å². The molecule has 6 heteroatoms. The molecule has 1 N–H and O–H groups in total. The SMILES string of the molecule is Cc1ccc(OCCNc2ccc(C#N)cc2[N+](=O)[O-])cc1. The van der Waals surface area contributed by atoms with E-state index in [1.54, 1.807) is 0 Å². The molecule has 0 aliphatic rings. The zero-order valence-electron chi connectivity index (χ0n) is 12.1. The van der Waals surface area contributed by atoms with Gasteiger partial charge < -0.3 is 10.1 Å². The first-order valence-electron chi connectivity index (χ1n) is 6.72. The summed E-state index contributed by atoms with van der Waals surface area (Å²) < 4.78 is 5.54. The van der Waals surface area contributed by atoms with Gasteiger partial charge in [-0.2, -0.15) is 5.26 Å². The van der Waals surface area contributed by atoms with Crippen molar-refractivity contribution >= 4 is 11.4 Å². The fraction of sp³-hybridized carbons (Fsp3) is 0.188. The number of nitro benzene ring substituents is 1. The maximum Gasteiger partial charge on any atom is 0.293 e. The van der Waals surface area contributed by atoms with Crippen molar-refractivity contribution < 1.29 is 9.66 Å². The van der Waals surface area contributed by atoms with Crippen molar-refractivity contribution in [2.45, 2.75) is 6.92 Å². The zero-order chi connectivity index (χ0) is 15.9. The van der Waals surface area contributed by atoms with Crippen LogP contribution in [-0.4, -0.2) is 18.1 Å². The molecule has 6 nitrogen and oxygen atoms in total. The third kappa shape index (κ3) is 3.96. The second-order valence-electron chi connectivity index (χ2n) is 4.69. The van der Waals surface area contributed by atoms with Gasteiger partial charge in [-0.05, 0) is 31.2 Å². The van der Waals surface area contributed by atoms with Gasteiger partial charge in [0.2, 0.25) is 0 Å². The first-order chi connectivity index (χ1) is 10.6. The third-order valence-corrected chi connectivity index (χ3v) is 3.03. The molecule has 0 bridgehead atoms. The van der Waals surface area contributed by atoms with Crippen molar-refractivity contribution in [1.29, 1.82) is 5.26 Å². The molecule has 0 aliphatic heterocycles. The van der Waals surface area contributed by atoms with E-state index in [-0.39, 0.29) is 11.3 Å². The van der Waals surface area contributed by atoms with Gasteiger partial charge in [-0.25, -0.2) is 0 Å². The quantitative estimate of drug-likeness (QED) is 0.502. The Morgan fingerprint density at radius 1 is 1.27 bits per heavy atom. The molecule has 0 radical (unpaired) electrons. The van der Waals surface area contributed by atoms with E-state index >= 15 is 0 Å². The minimum Gasteiger partial charge on any atom is -0.492 e. The number of hydrogen-bond acceptors (Lipinski definition) is 5. The summed E-state index contributed by atoms with van der Waals surface area (Å²) in [6, 6.07) is 13.9. The lowest BCUT2D eigenvalue weighted by molar-refractivity contribution is -0.384. The molecular weight excluding hydrogens is 282 g/mol. The highest BCUT2D eigenvalue weighted by Gasteiger charge is 2.14. The maximum absolute atomic E-state index is 11.0. The average molecular weight is 297 g/mol. The highest BCUT2D eigenvalue weighted by Crippen LogP contribution is 2.25. The fourth-order valence-corrected chi connectivity index (χ4v) is 1.89. The van der Waals surface area contributed by atoms with Crippen LogP contribution in [0.3, 0.4) is 0 Å². The number of nitriles is 1. The van der Waals surface area contributed by atoms with Crippen LogP contribution in [0.25, 0.3) is 0 Å². The summed E-state index contributed by atoms with van der Waals surface area (Å²) in [6.45, 7) is 2.79. The predicted molar refractivity (Wildman–Crippen MR) is 83.0 cm³/mol. The molecule has 112 valence electrons. The molecule has 2 aromatic carbocycles. The average Bonchev–Trinajstić information content (AvgIpc) is 2.53.